The van der Waals surface area contributed by atoms with Crippen molar-refractivity contribution in [2.24, 2.45) is 19.8 Å². The number of hydrogen-bond donors (Lipinski definition) is 1. The molecule has 6 aromatic heterocycles. The van der Waals surface area contributed by atoms with Crippen LogP contribution in [0.4, 0.5) is 0 Å². The van der Waals surface area contributed by atoms with Crippen LogP contribution in [0, 0.1) is 13.8 Å². The minimum atomic E-state index is -0.156. The Morgan fingerprint density at radius 3 is 1.69 bits per heavy atom. The second-order valence-electron chi connectivity index (χ2n) is 12.4. The van der Waals surface area contributed by atoms with Gasteiger partial charge in [-0.05, 0) is 50.5 Å². The number of benzene rings is 2. The number of fused-ring (bicyclic) bond motifs is 6. The molecule has 8 rings (SSSR count). The van der Waals surface area contributed by atoms with Crippen LogP contribution >= 0.6 is 22.7 Å². The average molecular weight is 738 g/mol. The monoisotopic (exact) mass is 737 g/mol. The molecule has 2 N–H and O–H groups in total. The van der Waals surface area contributed by atoms with Crippen molar-refractivity contribution in [3.8, 4) is 0 Å². The molecule has 6 heterocycles. The van der Waals surface area contributed by atoms with E-state index in [1.54, 1.807) is 47.2 Å². The van der Waals surface area contributed by atoms with Gasteiger partial charge in [0.05, 0.1) is 44.9 Å². The Hall–Kier alpha value is -5.31. The summed E-state index contributed by atoms with van der Waals surface area (Å²) in [6.07, 6.45) is 3.50. The van der Waals surface area contributed by atoms with Crippen molar-refractivity contribution in [1.29, 1.82) is 0 Å². The smallest absolute Gasteiger partial charge is 0.291 e. The standard InChI is InChI=1S/C18H19N5OS.C18H16N4O2S.2CH4/c1-10(19)13-6-4-5-12(7-13)9-23-18(24)15-14(8-20-23)16-17(22(15)3)21-11(2)25-16;1-10(23)13-6-4-5-12(7-13)9-22-18(24)15-14(8-19-22)16-17(21(15)3)20-11(2)25-16;;/h4-8,10H,9,19H2,1-3H3;4-8H,9H2,1-3H3;2*1H4. The molecule has 0 aliphatic rings. The lowest BCUT2D eigenvalue weighted by molar-refractivity contribution is 0.101. The van der Waals surface area contributed by atoms with Gasteiger partial charge in [0, 0.05) is 36.5 Å². The van der Waals surface area contributed by atoms with Crippen LogP contribution in [0.2, 0.25) is 0 Å². The summed E-state index contributed by atoms with van der Waals surface area (Å²) in [4.78, 5) is 46.4. The molecule has 1 unspecified atom stereocenters. The van der Waals surface area contributed by atoms with Crippen LogP contribution in [-0.4, -0.2) is 44.4 Å². The molecule has 12 nitrogen and oxygen atoms in total. The number of ketones is 1. The summed E-state index contributed by atoms with van der Waals surface area (Å²) < 4.78 is 8.64. The van der Waals surface area contributed by atoms with Crippen molar-refractivity contribution in [2.45, 2.75) is 61.7 Å². The van der Waals surface area contributed by atoms with E-state index >= 15 is 0 Å². The number of carbonyl (C=O) groups is 1. The van der Waals surface area contributed by atoms with E-state index in [4.69, 9.17) is 5.73 Å². The number of carbonyl (C=O) groups excluding carboxylic acids is 1. The lowest BCUT2D eigenvalue weighted by Crippen LogP contribution is -2.24. The van der Waals surface area contributed by atoms with Crippen molar-refractivity contribution in [2.75, 3.05) is 0 Å². The predicted molar refractivity (Wildman–Crippen MR) is 213 cm³/mol. The van der Waals surface area contributed by atoms with Gasteiger partial charge in [-0.15, -0.1) is 22.7 Å². The van der Waals surface area contributed by atoms with Gasteiger partial charge in [-0.25, -0.2) is 19.3 Å². The van der Waals surface area contributed by atoms with E-state index in [-0.39, 0.29) is 37.8 Å². The maximum absolute atomic E-state index is 13.0. The van der Waals surface area contributed by atoms with Gasteiger partial charge in [-0.2, -0.15) is 10.2 Å². The number of rotatable bonds is 6. The highest BCUT2D eigenvalue weighted by Gasteiger charge is 2.19. The predicted octanol–water partition coefficient (Wildman–Crippen LogP) is 6.90. The molecule has 14 heteroatoms. The number of nitrogens with two attached hydrogens (primary N) is 1. The van der Waals surface area contributed by atoms with E-state index in [2.05, 4.69) is 20.2 Å². The van der Waals surface area contributed by atoms with Crippen molar-refractivity contribution >= 4 is 71.0 Å². The quantitative estimate of drug-likeness (QED) is 0.181. The number of aryl methyl sites for hydroxylation is 4. The number of aromatic nitrogens is 8. The summed E-state index contributed by atoms with van der Waals surface area (Å²) >= 11 is 3.16. The van der Waals surface area contributed by atoms with E-state index in [0.29, 0.717) is 29.7 Å². The first-order valence-corrected chi connectivity index (χ1v) is 17.6. The van der Waals surface area contributed by atoms with Crippen LogP contribution in [0.1, 0.15) is 71.8 Å². The molecule has 0 aliphatic heterocycles. The Bertz CT molecular complexity index is 2730. The maximum Gasteiger partial charge on any atom is 0.291 e. The molecule has 0 amide bonds. The first-order chi connectivity index (χ1) is 23.9. The van der Waals surface area contributed by atoms with Crippen LogP contribution in [0.25, 0.3) is 42.5 Å². The summed E-state index contributed by atoms with van der Waals surface area (Å²) in [5.74, 6) is 0.00160. The fraction of sp³-hybridized carbons (Fsp3) is 0.289. The second-order valence-corrected chi connectivity index (χ2v) is 14.8. The lowest BCUT2D eigenvalue weighted by Gasteiger charge is -2.09. The molecule has 0 bridgehead atoms. The first kappa shape index (κ1) is 37.9. The Kier molecular flexibility index (Phi) is 10.8. The first-order valence-electron chi connectivity index (χ1n) is 16.0. The molecule has 270 valence electrons. The zero-order valence-corrected chi connectivity index (χ0v) is 30.1. The third kappa shape index (κ3) is 6.72. The minimum absolute atomic E-state index is 0. The Morgan fingerprint density at radius 2 is 1.23 bits per heavy atom. The Labute approximate surface area is 308 Å². The fourth-order valence-electron chi connectivity index (χ4n) is 6.22. The minimum Gasteiger partial charge on any atom is -0.324 e. The highest BCUT2D eigenvalue weighted by atomic mass is 32.1. The van der Waals surface area contributed by atoms with Gasteiger partial charge in [0.25, 0.3) is 11.1 Å². The molecule has 52 heavy (non-hydrogen) atoms. The van der Waals surface area contributed by atoms with E-state index in [9.17, 15) is 14.4 Å². The third-order valence-corrected chi connectivity index (χ3v) is 10.7. The lowest BCUT2D eigenvalue weighted by atomic mass is 10.1. The van der Waals surface area contributed by atoms with Crippen molar-refractivity contribution in [3.63, 3.8) is 0 Å². The van der Waals surface area contributed by atoms with Crippen LogP contribution in [-0.2, 0) is 27.2 Å². The number of hydrogen-bond acceptors (Lipinski definition) is 10. The van der Waals surface area contributed by atoms with Gasteiger partial charge in [0.2, 0.25) is 0 Å². The van der Waals surface area contributed by atoms with Crippen molar-refractivity contribution in [3.05, 3.63) is 114 Å². The molecule has 0 aliphatic carbocycles. The molecular weight excluding hydrogens is 695 g/mol. The fourth-order valence-corrected chi connectivity index (χ4v) is 8.14. The zero-order valence-electron chi connectivity index (χ0n) is 28.5. The van der Waals surface area contributed by atoms with Crippen molar-refractivity contribution < 1.29 is 4.79 Å². The summed E-state index contributed by atoms with van der Waals surface area (Å²) in [7, 11) is 3.73. The Balaban J connectivity index is 0.000000194. The van der Waals surface area contributed by atoms with Gasteiger partial charge in [-0.1, -0.05) is 57.3 Å². The van der Waals surface area contributed by atoms with Gasteiger partial charge in [0.1, 0.15) is 11.0 Å². The molecule has 0 saturated heterocycles. The van der Waals surface area contributed by atoms with Crippen LogP contribution in [0.3, 0.4) is 0 Å². The number of Topliss-reactive ketones (excluding diaryl/α,β-unsaturated/α-hetero) is 1. The molecule has 0 saturated carbocycles. The van der Waals surface area contributed by atoms with Gasteiger partial charge >= 0.3 is 0 Å². The molecular formula is C38H43N9O3S2. The molecule has 1 atom stereocenters. The SMILES string of the molecule is C.C.CC(=O)c1cccc(Cn2ncc3c4sc(C)nc4n(C)c3c2=O)c1.Cc1nc2c(s1)c1cnn(Cc3cccc(C(C)N)c3)c(=O)c1n2C. The Morgan fingerprint density at radius 1 is 0.769 bits per heavy atom. The van der Waals surface area contributed by atoms with Crippen LogP contribution in [0.5, 0.6) is 0 Å². The highest BCUT2D eigenvalue weighted by molar-refractivity contribution is 7.19. The van der Waals surface area contributed by atoms with Crippen molar-refractivity contribution in [1.82, 2.24) is 38.7 Å². The largest absolute Gasteiger partial charge is 0.324 e. The van der Waals surface area contributed by atoms with E-state index in [1.165, 1.54) is 16.3 Å². The molecule has 8 aromatic rings. The topological polar surface area (TPSA) is 149 Å². The molecule has 0 fully saturated rings. The normalized spacial score (nSPS) is 11.8. The van der Waals surface area contributed by atoms with Gasteiger partial charge in [-0.3, -0.25) is 14.4 Å². The summed E-state index contributed by atoms with van der Waals surface area (Å²) in [5.41, 5.74) is 12.1. The number of nitrogens with zero attached hydrogens (tertiary/aromatic N) is 8. The highest BCUT2D eigenvalue weighted by Crippen LogP contribution is 2.31. The van der Waals surface area contributed by atoms with Gasteiger partial charge in [0.15, 0.2) is 17.1 Å². The third-order valence-electron chi connectivity index (χ3n) is 8.74. The molecule has 0 spiro atoms. The van der Waals surface area contributed by atoms with Gasteiger partial charge < -0.3 is 14.9 Å². The van der Waals surface area contributed by atoms with Crippen LogP contribution in [0.15, 0.2) is 70.5 Å². The number of thiazole rings is 2. The van der Waals surface area contributed by atoms with E-state index < -0.39 is 0 Å². The summed E-state index contributed by atoms with van der Waals surface area (Å²) in [6.45, 7) is 8.13. The zero-order chi connectivity index (χ0) is 35.4. The van der Waals surface area contributed by atoms with E-state index in [1.807, 2.05) is 80.4 Å². The van der Waals surface area contributed by atoms with Crippen LogP contribution < -0.4 is 16.9 Å². The average Bonchev–Trinajstić information content (AvgIpc) is 3.80. The maximum atomic E-state index is 13.0. The second kappa shape index (κ2) is 14.7. The molecule has 2 aromatic carbocycles. The van der Waals surface area contributed by atoms with E-state index in [0.717, 1.165) is 58.2 Å². The molecule has 0 radical (unpaired) electrons. The summed E-state index contributed by atoms with van der Waals surface area (Å²) in [6, 6.07) is 15.2. The summed E-state index contributed by atoms with van der Waals surface area (Å²) in [5, 5.41) is 12.4.